The van der Waals surface area contributed by atoms with E-state index in [1.54, 1.807) is 12.1 Å². The highest BCUT2D eigenvalue weighted by atomic mass is 35.5. The Morgan fingerprint density at radius 1 is 1.15 bits per heavy atom. The lowest BCUT2D eigenvalue weighted by atomic mass is 9.76. The van der Waals surface area contributed by atoms with Gasteiger partial charge < -0.3 is 5.32 Å². The standard InChI is InChI=1S/C20H24ClN3O3/c1-9(2)14-12-13(17(26)24(16(12)25)19(3,4)5)20(23-14)10-7-6-8-11(21)15(10)22-18(20)27/h6-9,12-14,23H,1-5H3,(H,22,27). The van der Waals surface area contributed by atoms with Gasteiger partial charge in [-0.3, -0.25) is 24.6 Å². The second-order valence-corrected chi connectivity index (χ2v) is 9.43. The normalized spacial score (nSPS) is 32.5. The number of amides is 3. The minimum atomic E-state index is -1.27. The Labute approximate surface area is 163 Å². The van der Waals surface area contributed by atoms with Gasteiger partial charge in [0.25, 0.3) is 0 Å². The van der Waals surface area contributed by atoms with Gasteiger partial charge >= 0.3 is 0 Å². The van der Waals surface area contributed by atoms with Crippen molar-refractivity contribution in [2.75, 3.05) is 5.32 Å². The average molecular weight is 390 g/mol. The molecule has 0 bridgehead atoms. The molecule has 4 rings (SSSR count). The third-order valence-corrected chi connectivity index (χ3v) is 6.34. The summed E-state index contributed by atoms with van der Waals surface area (Å²) in [4.78, 5) is 41.3. The number of fused-ring (bicyclic) bond motifs is 4. The number of para-hydroxylation sites is 1. The number of carbonyl (C=O) groups is 3. The van der Waals surface area contributed by atoms with Crippen LogP contribution in [0.25, 0.3) is 0 Å². The molecular formula is C20H24ClN3O3. The first kappa shape index (κ1) is 18.4. The number of likely N-dealkylation sites (tertiary alicyclic amines) is 1. The molecule has 3 amide bonds. The number of anilines is 1. The largest absolute Gasteiger partial charge is 0.323 e. The minimum absolute atomic E-state index is 0.0737. The fraction of sp³-hybridized carbons (Fsp3) is 0.550. The lowest BCUT2D eigenvalue weighted by molar-refractivity contribution is -0.148. The highest BCUT2D eigenvalue weighted by Gasteiger charge is 2.71. The van der Waals surface area contributed by atoms with Gasteiger partial charge in [-0.15, -0.1) is 0 Å². The summed E-state index contributed by atoms with van der Waals surface area (Å²) in [6, 6.07) is 5.00. The van der Waals surface area contributed by atoms with Gasteiger partial charge in [0.15, 0.2) is 0 Å². The molecule has 27 heavy (non-hydrogen) atoms. The molecule has 0 radical (unpaired) electrons. The summed E-state index contributed by atoms with van der Waals surface area (Å²) >= 11 is 6.30. The molecule has 1 aromatic carbocycles. The Hall–Kier alpha value is -1.92. The topological polar surface area (TPSA) is 78.5 Å². The number of hydrogen-bond donors (Lipinski definition) is 2. The number of benzene rings is 1. The van der Waals surface area contributed by atoms with Crippen molar-refractivity contribution in [3.8, 4) is 0 Å². The fourth-order valence-corrected chi connectivity index (χ4v) is 5.18. The van der Waals surface area contributed by atoms with Crippen molar-refractivity contribution in [3.63, 3.8) is 0 Å². The van der Waals surface area contributed by atoms with Gasteiger partial charge in [-0.2, -0.15) is 0 Å². The summed E-state index contributed by atoms with van der Waals surface area (Å²) in [5, 5.41) is 6.66. The van der Waals surface area contributed by atoms with Crippen LogP contribution in [0, 0.1) is 17.8 Å². The van der Waals surface area contributed by atoms with Gasteiger partial charge in [-0.1, -0.05) is 37.6 Å². The highest BCUT2D eigenvalue weighted by Crippen LogP contribution is 2.55. The maximum Gasteiger partial charge on any atom is 0.250 e. The first-order valence-corrected chi connectivity index (χ1v) is 9.65. The molecular weight excluding hydrogens is 366 g/mol. The van der Waals surface area contributed by atoms with Crippen molar-refractivity contribution in [1.82, 2.24) is 10.2 Å². The second-order valence-electron chi connectivity index (χ2n) is 9.02. The summed E-state index contributed by atoms with van der Waals surface area (Å²) < 4.78 is 0. The van der Waals surface area contributed by atoms with E-state index in [2.05, 4.69) is 10.6 Å². The maximum atomic E-state index is 13.5. The van der Waals surface area contributed by atoms with Gasteiger partial charge in [-0.25, -0.2) is 0 Å². The number of imide groups is 1. The van der Waals surface area contributed by atoms with Crippen LogP contribution in [0.3, 0.4) is 0 Å². The molecule has 1 aromatic rings. The van der Waals surface area contributed by atoms with E-state index in [0.29, 0.717) is 16.3 Å². The molecule has 0 aromatic heterocycles. The lowest BCUT2D eigenvalue weighted by Crippen LogP contribution is -2.56. The molecule has 2 fully saturated rings. The third-order valence-electron chi connectivity index (χ3n) is 6.02. The molecule has 2 saturated heterocycles. The SMILES string of the molecule is CC(C)C1NC2(C(=O)Nc3c(Cl)cccc32)C2C(=O)N(C(C)(C)C)C(=O)C12. The number of nitrogens with one attached hydrogen (secondary N) is 2. The number of carbonyl (C=O) groups excluding carboxylic acids is 3. The minimum Gasteiger partial charge on any atom is -0.323 e. The zero-order valence-corrected chi connectivity index (χ0v) is 16.8. The number of nitrogens with zero attached hydrogens (tertiary/aromatic N) is 1. The summed E-state index contributed by atoms with van der Waals surface area (Å²) in [5.74, 6) is -2.10. The predicted octanol–water partition coefficient (Wildman–Crippen LogP) is 2.51. The van der Waals surface area contributed by atoms with Crippen molar-refractivity contribution in [2.24, 2.45) is 17.8 Å². The van der Waals surface area contributed by atoms with E-state index in [1.165, 1.54) is 4.90 Å². The summed E-state index contributed by atoms with van der Waals surface area (Å²) in [6.45, 7) is 9.52. The van der Waals surface area contributed by atoms with E-state index in [9.17, 15) is 14.4 Å². The van der Waals surface area contributed by atoms with E-state index in [-0.39, 0.29) is 29.7 Å². The van der Waals surface area contributed by atoms with E-state index in [4.69, 9.17) is 11.6 Å². The number of halogens is 1. The summed E-state index contributed by atoms with van der Waals surface area (Å²) in [5.41, 5.74) is -0.746. The first-order valence-electron chi connectivity index (χ1n) is 9.28. The van der Waals surface area contributed by atoms with Crippen LogP contribution in [0.2, 0.25) is 5.02 Å². The molecule has 0 saturated carbocycles. The molecule has 3 aliphatic heterocycles. The zero-order chi connectivity index (χ0) is 19.9. The molecule has 144 valence electrons. The van der Waals surface area contributed by atoms with Crippen molar-refractivity contribution in [1.29, 1.82) is 0 Å². The Kier molecular flexibility index (Phi) is 3.79. The van der Waals surface area contributed by atoms with Crippen LogP contribution < -0.4 is 10.6 Å². The van der Waals surface area contributed by atoms with Crippen LogP contribution in [0.1, 0.15) is 40.2 Å². The van der Waals surface area contributed by atoms with E-state index in [0.717, 1.165) is 0 Å². The lowest BCUT2D eigenvalue weighted by Gasteiger charge is -2.35. The fourth-order valence-electron chi connectivity index (χ4n) is 4.96. The average Bonchev–Trinajstić information content (AvgIpc) is 3.13. The van der Waals surface area contributed by atoms with Crippen molar-refractivity contribution < 1.29 is 14.4 Å². The Balaban J connectivity index is 1.95. The number of rotatable bonds is 1. The van der Waals surface area contributed by atoms with E-state index >= 15 is 0 Å². The molecule has 3 aliphatic rings. The van der Waals surface area contributed by atoms with Gasteiger partial charge in [0.1, 0.15) is 5.54 Å². The molecule has 6 nitrogen and oxygen atoms in total. The Bertz CT molecular complexity index is 876. The van der Waals surface area contributed by atoms with Crippen LogP contribution in [0.4, 0.5) is 5.69 Å². The van der Waals surface area contributed by atoms with Crippen molar-refractivity contribution in [3.05, 3.63) is 28.8 Å². The Morgan fingerprint density at radius 3 is 2.41 bits per heavy atom. The van der Waals surface area contributed by atoms with Gasteiger partial charge in [-0.05, 0) is 32.8 Å². The molecule has 0 aliphatic carbocycles. The maximum absolute atomic E-state index is 13.5. The van der Waals surface area contributed by atoms with Crippen LogP contribution in [0.5, 0.6) is 0 Å². The molecule has 4 atom stereocenters. The van der Waals surface area contributed by atoms with Gasteiger partial charge in [0, 0.05) is 17.1 Å². The molecule has 7 heteroatoms. The van der Waals surface area contributed by atoms with Crippen LogP contribution in [-0.2, 0) is 19.9 Å². The summed E-state index contributed by atoms with van der Waals surface area (Å²) in [7, 11) is 0. The van der Waals surface area contributed by atoms with Crippen LogP contribution in [-0.4, -0.2) is 34.2 Å². The smallest absolute Gasteiger partial charge is 0.250 e. The monoisotopic (exact) mass is 389 g/mol. The van der Waals surface area contributed by atoms with Crippen LogP contribution >= 0.6 is 11.6 Å². The number of hydrogen-bond acceptors (Lipinski definition) is 4. The molecule has 1 spiro atoms. The highest BCUT2D eigenvalue weighted by molar-refractivity contribution is 6.35. The quantitative estimate of drug-likeness (QED) is 0.723. The first-order chi connectivity index (χ1) is 12.5. The second kappa shape index (κ2) is 5.55. The van der Waals surface area contributed by atoms with Crippen molar-refractivity contribution in [2.45, 2.75) is 51.7 Å². The Morgan fingerprint density at radius 2 is 1.81 bits per heavy atom. The van der Waals surface area contributed by atoms with Crippen LogP contribution in [0.15, 0.2) is 18.2 Å². The van der Waals surface area contributed by atoms with Gasteiger partial charge in [0.05, 0.1) is 22.5 Å². The summed E-state index contributed by atoms with van der Waals surface area (Å²) in [6.07, 6.45) is 0. The molecule has 2 N–H and O–H groups in total. The zero-order valence-electron chi connectivity index (χ0n) is 16.1. The molecule has 4 unspecified atom stereocenters. The predicted molar refractivity (Wildman–Crippen MR) is 102 cm³/mol. The van der Waals surface area contributed by atoms with Gasteiger partial charge in [0.2, 0.25) is 17.7 Å². The van der Waals surface area contributed by atoms with E-state index in [1.807, 2.05) is 40.7 Å². The third kappa shape index (κ3) is 2.20. The van der Waals surface area contributed by atoms with E-state index < -0.39 is 22.9 Å². The molecule has 3 heterocycles. The van der Waals surface area contributed by atoms with Crippen molar-refractivity contribution >= 4 is 35.0 Å².